The van der Waals surface area contributed by atoms with Crippen LogP contribution >= 0.6 is 23.5 Å². The minimum atomic E-state index is -5.77. The van der Waals surface area contributed by atoms with Gasteiger partial charge in [-0.3, -0.25) is 23.7 Å². The van der Waals surface area contributed by atoms with Crippen molar-refractivity contribution in [2.24, 2.45) is 0 Å². The number of phosphoric acid groups is 3. The van der Waals surface area contributed by atoms with Gasteiger partial charge in [-0.1, -0.05) is 11.8 Å². The topological polar surface area (TPSA) is 282 Å². The van der Waals surface area contributed by atoms with Gasteiger partial charge < -0.3 is 39.5 Å². The molecule has 1 aromatic rings. The van der Waals surface area contributed by atoms with Crippen LogP contribution in [0, 0.1) is 11.8 Å². The van der Waals surface area contributed by atoms with Crippen LogP contribution in [0.5, 0.6) is 0 Å². The van der Waals surface area contributed by atoms with Crippen LogP contribution in [0.25, 0.3) is 0 Å². The molecule has 25 heteroatoms. The third kappa shape index (κ3) is 12.2. The highest BCUT2D eigenvalue weighted by atomic mass is 31.3. The van der Waals surface area contributed by atoms with Gasteiger partial charge in [0.1, 0.15) is 18.9 Å². The number of nitrogens with one attached hydrogen (secondary N) is 2. The van der Waals surface area contributed by atoms with Crippen LogP contribution in [0.15, 0.2) is 15.8 Å². The fourth-order valence-electron chi connectivity index (χ4n) is 3.04. The minimum Gasteiger partial charge on any atom is -0.390 e. The number of hydrogen-bond acceptors (Lipinski definition) is 12. The zero-order valence-corrected chi connectivity index (χ0v) is 23.4. The number of phosphoric ester groups is 1. The fraction of sp³-hybridized carbons (Fsp3) is 0.588. The molecule has 19 nitrogen and oxygen atoms in total. The van der Waals surface area contributed by atoms with Crippen molar-refractivity contribution in [1.82, 2.24) is 14.9 Å². The van der Waals surface area contributed by atoms with E-state index in [1.807, 2.05) is 4.98 Å². The number of ether oxygens (including phenoxy) is 2. The van der Waals surface area contributed by atoms with Crippen molar-refractivity contribution >= 4 is 29.4 Å². The minimum absolute atomic E-state index is 0.0608. The fourth-order valence-corrected chi connectivity index (χ4v) is 6.07. The Morgan fingerprint density at radius 3 is 2.43 bits per heavy atom. The summed E-state index contributed by atoms with van der Waals surface area (Å²) in [7, 11) is -16.9. The number of aliphatic hydroxyl groups excluding tert-OH is 1. The highest BCUT2D eigenvalue weighted by Gasteiger charge is 2.43. The molecule has 7 N–H and O–H groups in total. The molecule has 0 saturated carbocycles. The number of alkyl halides is 3. The van der Waals surface area contributed by atoms with Crippen LogP contribution in [-0.4, -0.2) is 84.9 Å². The molecule has 0 bridgehead atoms. The number of carbonyl (C=O) groups excluding carboxylic acids is 1. The second-order valence-corrected chi connectivity index (χ2v) is 12.4. The van der Waals surface area contributed by atoms with E-state index in [0.29, 0.717) is 0 Å². The van der Waals surface area contributed by atoms with Crippen molar-refractivity contribution in [3.63, 3.8) is 0 Å². The van der Waals surface area contributed by atoms with Gasteiger partial charge in [0.15, 0.2) is 0 Å². The lowest BCUT2D eigenvalue weighted by molar-refractivity contribution is -0.173. The summed E-state index contributed by atoms with van der Waals surface area (Å²) in [5, 5.41) is 11.8. The van der Waals surface area contributed by atoms with Crippen molar-refractivity contribution in [2.75, 3.05) is 26.4 Å². The number of halogens is 3. The van der Waals surface area contributed by atoms with Crippen LogP contribution in [0.3, 0.4) is 0 Å². The molecule has 2 heterocycles. The Balaban J connectivity index is 1.94. The van der Waals surface area contributed by atoms with E-state index in [0.717, 1.165) is 10.8 Å². The first kappa shape index (κ1) is 36.0. The van der Waals surface area contributed by atoms with Crippen LogP contribution < -0.4 is 16.6 Å². The Morgan fingerprint density at radius 2 is 1.81 bits per heavy atom. The van der Waals surface area contributed by atoms with E-state index in [-0.39, 0.29) is 31.6 Å². The lowest BCUT2D eigenvalue weighted by atomic mass is 10.2. The van der Waals surface area contributed by atoms with Crippen molar-refractivity contribution in [1.29, 1.82) is 0 Å². The van der Waals surface area contributed by atoms with Crippen molar-refractivity contribution in [2.45, 2.75) is 37.5 Å². The highest BCUT2D eigenvalue weighted by molar-refractivity contribution is 7.66. The summed E-state index contributed by atoms with van der Waals surface area (Å²) in [5.41, 5.74) is -1.87. The number of aromatic amines is 1. The second kappa shape index (κ2) is 14.5. The Labute approximate surface area is 232 Å². The van der Waals surface area contributed by atoms with Gasteiger partial charge in [-0.05, 0) is 0 Å². The first-order valence-corrected chi connectivity index (χ1v) is 15.6. The third-order valence-corrected chi connectivity index (χ3v) is 8.54. The zero-order chi connectivity index (χ0) is 31.9. The Hall–Kier alpha value is -2.21. The summed E-state index contributed by atoms with van der Waals surface area (Å²) in [6.07, 6.45) is -8.71. The number of amides is 1. The number of carbonyl (C=O) groups is 1. The summed E-state index contributed by atoms with van der Waals surface area (Å²) >= 11 is 0. The van der Waals surface area contributed by atoms with Gasteiger partial charge in [0.25, 0.3) is 5.56 Å². The molecule has 1 aliphatic heterocycles. The first-order chi connectivity index (χ1) is 19.2. The van der Waals surface area contributed by atoms with Crippen molar-refractivity contribution < 1.29 is 79.0 Å². The maximum Gasteiger partial charge on any atom is 0.490 e. The van der Waals surface area contributed by atoms with E-state index in [4.69, 9.17) is 24.2 Å². The molecule has 1 amide bonds. The lowest BCUT2D eigenvalue weighted by Crippen LogP contribution is -2.38. The number of hydrogen-bond donors (Lipinski definition) is 7. The van der Waals surface area contributed by atoms with Crippen LogP contribution in [0.4, 0.5) is 13.2 Å². The van der Waals surface area contributed by atoms with E-state index in [1.54, 1.807) is 5.32 Å². The molecule has 5 atom stereocenters. The summed E-state index contributed by atoms with van der Waals surface area (Å²) in [4.78, 5) is 72.8. The molecule has 1 fully saturated rings. The first-order valence-electron chi connectivity index (χ1n) is 11.0. The molecule has 1 aromatic heterocycles. The van der Waals surface area contributed by atoms with E-state index in [9.17, 15) is 51.2 Å². The number of H-pyrrole nitrogens is 1. The summed E-state index contributed by atoms with van der Waals surface area (Å²) in [6, 6.07) is 0. The number of nitrogens with zero attached hydrogens (tertiary/aromatic N) is 1. The van der Waals surface area contributed by atoms with Crippen molar-refractivity contribution in [3.05, 3.63) is 32.6 Å². The maximum atomic E-state index is 12.3. The van der Waals surface area contributed by atoms with Gasteiger partial charge in [-0.2, -0.15) is 21.8 Å². The van der Waals surface area contributed by atoms with Gasteiger partial charge in [-0.25, -0.2) is 18.5 Å². The molecule has 1 saturated heterocycles. The van der Waals surface area contributed by atoms with Gasteiger partial charge in [0.2, 0.25) is 0 Å². The standard InChI is InChI=1S/C17H23F3N3O16P3/c18-17(19,20)15(26)21-4-6-35-5-2-1-3-10-8-23(16(27)22-14(10)25)13-7-11(24)12(37-13)9-36-41(31,32)39-42(33,34)38-40(28,29)30/h8,11-13,24H,3-7,9H2,(H,21,26)(H,31,32)(H,33,34)(H,22,25,27)(H2,28,29,30)/t11-,12+,13+/m0/s1. The van der Waals surface area contributed by atoms with Gasteiger partial charge in [0, 0.05) is 31.1 Å². The summed E-state index contributed by atoms with van der Waals surface area (Å²) < 4.78 is 92.8. The lowest BCUT2D eigenvalue weighted by Gasteiger charge is -2.19. The average Bonchev–Trinajstić information content (AvgIpc) is 3.17. The molecule has 0 aliphatic carbocycles. The van der Waals surface area contributed by atoms with Gasteiger partial charge in [-0.15, -0.1) is 0 Å². The number of rotatable bonds is 13. The van der Waals surface area contributed by atoms with E-state index in [2.05, 4.69) is 25.0 Å². The SMILES string of the molecule is O=C(NCCOCC#CCc1cn([C@H]2C[C@H](O)[C@@H](COP(=O)(O)OP(=O)(O)OP(=O)(O)O)O2)c(=O)[nH]c1=O)C(F)(F)F. The Morgan fingerprint density at radius 1 is 1.14 bits per heavy atom. The van der Waals surface area contributed by atoms with E-state index in [1.165, 1.54) is 0 Å². The monoisotopic (exact) mass is 675 g/mol. The van der Waals surface area contributed by atoms with Crippen LogP contribution in [0.1, 0.15) is 18.2 Å². The molecule has 2 unspecified atom stereocenters. The highest BCUT2D eigenvalue weighted by Crippen LogP contribution is 2.66. The molecule has 2 rings (SSSR count). The Bertz CT molecular complexity index is 1450. The predicted molar refractivity (Wildman–Crippen MR) is 127 cm³/mol. The molecular formula is C17H23F3N3O16P3. The quantitative estimate of drug-likeness (QED) is 0.0732. The normalized spacial score (nSPS) is 22.0. The molecule has 42 heavy (non-hydrogen) atoms. The summed E-state index contributed by atoms with van der Waals surface area (Å²) in [6.45, 7) is -1.97. The molecule has 0 aromatic carbocycles. The Kier molecular flexibility index (Phi) is 12.4. The smallest absolute Gasteiger partial charge is 0.390 e. The predicted octanol–water partition coefficient (Wildman–Crippen LogP) is -1.23. The molecule has 238 valence electrons. The van der Waals surface area contributed by atoms with Crippen LogP contribution in [-0.2, 0) is 47.5 Å². The molecule has 0 radical (unpaired) electrons. The van der Waals surface area contributed by atoms with E-state index < -0.39 is 78.4 Å². The third-order valence-electron chi connectivity index (χ3n) is 4.74. The average molecular weight is 675 g/mol. The molecule has 1 aliphatic rings. The number of aliphatic hydroxyl groups is 1. The maximum absolute atomic E-state index is 12.3. The van der Waals surface area contributed by atoms with Gasteiger partial charge >= 0.3 is 41.2 Å². The zero-order valence-electron chi connectivity index (χ0n) is 20.7. The van der Waals surface area contributed by atoms with E-state index >= 15 is 0 Å². The van der Waals surface area contributed by atoms with Crippen molar-refractivity contribution in [3.8, 4) is 11.8 Å². The summed E-state index contributed by atoms with van der Waals surface area (Å²) in [5.74, 6) is 2.87. The molecular weight excluding hydrogens is 652 g/mol. The van der Waals surface area contributed by atoms with Crippen LogP contribution in [0.2, 0.25) is 0 Å². The second-order valence-electron chi connectivity index (χ2n) is 7.98. The largest absolute Gasteiger partial charge is 0.490 e. The van der Waals surface area contributed by atoms with Gasteiger partial charge in [0.05, 0.1) is 19.3 Å². The number of aromatic nitrogens is 2. The molecule has 0 spiro atoms.